The van der Waals surface area contributed by atoms with Gasteiger partial charge in [-0.05, 0) is 42.7 Å². The maximum Gasteiger partial charge on any atom is 0.252 e. The van der Waals surface area contributed by atoms with Crippen LogP contribution in [0.2, 0.25) is 5.02 Å². The second-order valence-electron chi connectivity index (χ2n) is 4.78. The predicted octanol–water partition coefficient (Wildman–Crippen LogP) is 3.34. The second kappa shape index (κ2) is 8.13. The first-order valence-electron chi connectivity index (χ1n) is 6.58. The van der Waals surface area contributed by atoms with Crippen molar-refractivity contribution in [2.75, 3.05) is 12.3 Å². The van der Waals surface area contributed by atoms with Crippen LogP contribution in [0.1, 0.15) is 30.1 Å². The molecule has 0 saturated heterocycles. The van der Waals surface area contributed by atoms with Crippen molar-refractivity contribution in [3.8, 4) is 0 Å². The zero-order chi connectivity index (χ0) is 13.8. The van der Waals surface area contributed by atoms with Crippen LogP contribution in [-0.4, -0.2) is 24.2 Å². The van der Waals surface area contributed by atoms with E-state index in [0.717, 1.165) is 10.6 Å². The minimum atomic E-state index is -0.0884. The van der Waals surface area contributed by atoms with Crippen molar-refractivity contribution in [3.05, 3.63) is 28.8 Å². The molecule has 1 aliphatic rings. The Bertz CT molecular complexity index is 466. The molecule has 2 rings (SSSR count). The lowest BCUT2D eigenvalue weighted by molar-refractivity contribution is 0.0947. The summed E-state index contributed by atoms with van der Waals surface area (Å²) in [6.07, 6.45) is 2.37. The highest BCUT2D eigenvalue weighted by atomic mass is 35.5. The second-order valence-corrected chi connectivity index (χ2v) is 6.53. The summed E-state index contributed by atoms with van der Waals surface area (Å²) in [5.74, 6) is 1.42. The highest BCUT2D eigenvalue weighted by Crippen LogP contribution is 2.31. The number of nitrogens with two attached hydrogens (primary N) is 1. The Hall–Kier alpha value is -0.420. The molecule has 0 radical (unpaired) electrons. The van der Waals surface area contributed by atoms with Crippen molar-refractivity contribution >= 4 is 41.7 Å². The van der Waals surface area contributed by atoms with Crippen molar-refractivity contribution in [1.29, 1.82) is 0 Å². The number of hydrogen-bond acceptors (Lipinski definition) is 3. The largest absolute Gasteiger partial charge is 0.350 e. The summed E-state index contributed by atoms with van der Waals surface area (Å²) in [6, 6.07) is 5.50. The van der Waals surface area contributed by atoms with E-state index in [4.69, 9.17) is 17.3 Å². The van der Waals surface area contributed by atoms with Crippen molar-refractivity contribution in [1.82, 2.24) is 5.32 Å². The quantitative estimate of drug-likeness (QED) is 0.784. The lowest BCUT2D eigenvalue weighted by atomic mass is 10.1. The van der Waals surface area contributed by atoms with Crippen LogP contribution in [0.25, 0.3) is 0 Å². The van der Waals surface area contributed by atoms with Gasteiger partial charge in [0.15, 0.2) is 0 Å². The summed E-state index contributed by atoms with van der Waals surface area (Å²) in [4.78, 5) is 13.2. The van der Waals surface area contributed by atoms with Crippen LogP contribution in [0, 0.1) is 5.92 Å². The maximum atomic E-state index is 12.2. The molecule has 1 amide bonds. The molecule has 1 unspecified atom stereocenters. The minimum Gasteiger partial charge on any atom is -0.350 e. The van der Waals surface area contributed by atoms with Crippen LogP contribution >= 0.6 is 35.8 Å². The summed E-state index contributed by atoms with van der Waals surface area (Å²) in [7, 11) is 0. The third-order valence-electron chi connectivity index (χ3n) is 3.21. The Labute approximate surface area is 135 Å². The van der Waals surface area contributed by atoms with Crippen molar-refractivity contribution in [2.24, 2.45) is 11.7 Å². The van der Waals surface area contributed by atoms with Gasteiger partial charge in [-0.15, -0.1) is 24.2 Å². The number of carbonyl (C=O) groups is 1. The molecule has 0 spiro atoms. The molecule has 6 heteroatoms. The molecule has 20 heavy (non-hydrogen) atoms. The number of nitrogens with one attached hydrogen (secondary N) is 1. The number of hydrogen-bond donors (Lipinski definition) is 2. The van der Waals surface area contributed by atoms with Crippen LogP contribution in [0.5, 0.6) is 0 Å². The van der Waals surface area contributed by atoms with Crippen molar-refractivity contribution < 1.29 is 4.79 Å². The topological polar surface area (TPSA) is 55.1 Å². The standard InChI is InChI=1S/C14H19ClN2OS.ClH/c1-2-19-13-6-5-10(15)7-11(13)14(18)17-8-12(16)9-3-4-9;/h5-7,9,12H,2-4,8,16H2,1H3,(H,17,18);1H. The van der Waals surface area contributed by atoms with Crippen LogP contribution in [0.3, 0.4) is 0 Å². The number of rotatable bonds is 6. The zero-order valence-corrected chi connectivity index (χ0v) is 13.8. The third kappa shape index (κ3) is 4.85. The van der Waals surface area contributed by atoms with E-state index in [2.05, 4.69) is 12.2 Å². The summed E-state index contributed by atoms with van der Waals surface area (Å²) in [5.41, 5.74) is 6.63. The third-order valence-corrected chi connectivity index (χ3v) is 4.40. The predicted molar refractivity (Wildman–Crippen MR) is 88.1 cm³/mol. The molecule has 1 atom stereocenters. The lowest BCUT2D eigenvalue weighted by Gasteiger charge is -2.13. The van der Waals surface area contributed by atoms with Gasteiger partial charge in [0.1, 0.15) is 0 Å². The molecule has 0 heterocycles. The molecule has 0 aliphatic heterocycles. The Morgan fingerprint density at radius 1 is 1.55 bits per heavy atom. The molecule has 0 bridgehead atoms. The SMILES string of the molecule is CCSc1ccc(Cl)cc1C(=O)NCC(N)C1CC1.Cl. The Kier molecular flexibility index (Phi) is 7.17. The maximum absolute atomic E-state index is 12.2. The van der Waals surface area contributed by atoms with Gasteiger partial charge in [0.05, 0.1) is 5.56 Å². The van der Waals surface area contributed by atoms with E-state index >= 15 is 0 Å². The Balaban J connectivity index is 0.00000200. The van der Waals surface area contributed by atoms with Crippen LogP contribution in [0.4, 0.5) is 0 Å². The molecular formula is C14H20Cl2N2OS. The van der Waals surface area contributed by atoms with Gasteiger partial charge in [-0.3, -0.25) is 4.79 Å². The van der Waals surface area contributed by atoms with Crippen molar-refractivity contribution in [3.63, 3.8) is 0 Å². The van der Waals surface area contributed by atoms with Gasteiger partial charge in [-0.2, -0.15) is 0 Å². The number of halogens is 2. The molecule has 3 nitrogen and oxygen atoms in total. The van der Waals surface area contributed by atoms with Crippen LogP contribution < -0.4 is 11.1 Å². The van der Waals surface area contributed by atoms with E-state index in [1.54, 1.807) is 17.8 Å². The average molecular weight is 335 g/mol. The van der Waals surface area contributed by atoms with E-state index in [9.17, 15) is 4.79 Å². The van der Waals surface area contributed by atoms with Gasteiger partial charge in [0.2, 0.25) is 0 Å². The highest BCUT2D eigenvalue weighted by Gasteiger charge is 2.28. The normalized spacial score (nSPS) is 15.3. The van der Waals surface area contributed by atoms with Gasteiger partial charge < -0.3 is 11.1 Å². The number of benzene rings is 1. The first-order chi connectivity index (χ1) is 9.11. The molecule has 1 saturated carbocycles. The highest BCUT2D eigenvalue weighted by molar-refractivity contribution is 7.99. The molecule has 3 N–H and O–H groups in total. The monoisotopic (exact) mass is 334 g/mol. The van der Waals surface area contributed by atoms with Gasteiger partial charge in [0.25, 0.3) is 5.91 Å². The zero-order valence-electron chi connectivity index (χ0n) is 11.4. The fourth-order valence-electron chi connectivity index (χ4n) is 1.96. The first-order valence-corrected chi connectivity index (χ1v) is 7.94. The fraction of sp³-hybridized carbons (Fsp3) is 0.500. The van der Waals surface area contributed by atoms with Crippen LogP contribution in [-0.2, 0) is 0 Å². The van der Waals surface area contributed by atoms with Gasteiger partial charge in [0, 0.05) is 22.5 Å². The molecule has 1 fully saturated rings. The summed E-state index contributed by atoms with van der Waals surface area (Å²) in [5, 5.41) is 3.49. The average Bonchev–Trinajstić information content (AvgIpc) is 3.22. The molecule has 1 aromatic carbocycles. The summed E-state index contributed by atoms with van der Waals surface area (Å²) < 4.78 is 0. The van der Waals surface area contributed by atoms with E-state index in [1.165, 1.54) is 12.8 Å². The molecule has 112 valence electrons. The van der Waals surface area contributed by atoms with Gasteiger partial charge >= 0.3 is 0 Å². The first kappa shape index (κ1) is 17.6. The fourth-order valence-corrected chi connectivity index (χ4v) is 2.91. The Morgan fingerprint density at radius 3 is 2.85 bits per heavy atom. The smallest absolute Gasteiger partial charge is 0.252 e. The number of amides is 1. The minimum absolute atomic E-state index is 0. The van der Waals surface area contributed by atoms with Crippen LogP contribution in [0.15, 0.2) is 23.1 Å². The number of thioether (sulfide) groups is 1. The lowest BCUT2D eigenvalue weighted by Crippen LogP contribution is -2.38. The molecule has 1 aromatic rings. The summed E-state index contributed by atoms with van der Waals surface area (Å²) >= 11 is 7.61. The van der Waals surface area contributed by atoms with E-state index in [1.807, 2.05) is 12.1 Å². The molecule has 0 aromatic heterocycles. The summed E-state index contributed by atoms with van der Waals surface area (Å²) in [6.45, 7) is 2.59. The molecular weight excluding hydrogens is 315 g/mol. The van der Waals surface area contributed by atoms with E-state index in [-0.39, 0.29) is 24.4 Å². The Morgan fingerprint density at radius 2 is 2.25 bits per heavy atom. The number of carbonyl (C=O) groups excluding carboxylic acids is 1. The van der Waals surface area contributed by atoms with Crippen molar-refractivity contribution in [2.45, 2.75) is 30.7 Å². The van der Waals surface area contributed by atoms with E-state index in [0.29, 0.717) is 23.0 Å². The van der Waals surface area contributed by atoms with Gasteiger partial charge in [-0.25, -0.2) is 0 Å². The van der Waals surface area contributed by atoms with E-state index < -0.39 is 0 Å². The van der Waals surface area contributed by atoms with Gasteiger partial charge in [-0.1, -0.05) is 18.5 Å². The molecule has 1 aliphatic carbocycles.